The molecule has 1 unspecified atom stereocenters. The third-order valence-electron chi connectivity index (χ3n) is 4.65. The minimum atomic E-state index is -0.733. The average Bonchev–Trinajstić information content (AvgIpc) is 2.37. The molecular weight excluding hydrogens is 270 g/mol. The monoisotopic (exact) mass is 297 g/mol. The molecule has 2 fully saturated rings. The molecule has 1 N–H and O–H groups in total. The Bertz CT molecular complexity index is 407. The molecule has 0 radical (unpaired) electrons. The fourth-order valence-electron chi connectivity index (χ4n) is 3.69. The molecule has 1 heterocycles. The normalized spacial score (nSPS) is 25.7. The molecule has 120 valence electrons. The zero-order valence-corrected chi connectivity index (χ0v) is 13.4. The van der Waals surface area contributed by atoms with E-state index in [2.05, 4.69) is 0 Å². The maximum atomic E-state index is 12.5. The van der Waals surface area contributed by atoms with Gasteiger partial charge >= 0.3 is 12.1 Å². The van der Waals surface area contributed by atoms with Gasteiger partial charge in [-0.25, -0.2) is 4.79 Å². The number of hydrogen-bond acceptors (Lipinski definition) is 3. The minimum Gasteiger partial charge on any atom is -0.481 e. The molecule has 1 aliphatic carbocycles. The van der Waals surface area contributed by atoms with Crippen LogP contribution < -0.4 is 0 Å². The lowest BCUT2D eigenvalue weighted by Gasteiger charge is -2.50. The standard InChI is InChI=1S/C16H27NO4/c1-15(2,3)21-14(20)17-10-7-12(13(18)19)11-16(17)8-5-4-6-9-16/h12H,4-11H2,1-3H3,(H,18,19). The highest BCUT2D eigenvalue weighted by Gasteiger charge is 2.47. The van der Waals surface area contributed by atoms with Gasteiger partial charge in [0.1, 0.15) is 5.60 Å². The van der Waals surface area contributed by atoms with Crippen molar-refractivity contribution >= 4 is 12.1 Å². The second kappa shape index (κ2) is 5.85. The lowest BCUT2D eigenvalue weighted by atomic mass is 9.71. The molecular formula is C16H27NO4. The largest absolute Gasteiger partial charge is 0.481 e. The third-order valence-corrected chi connectivity index (χ3v) is 4.65. The molecule has 0 aromatic rings. The summed E-state index contributed by atoms with van der Waals surface area (Å²) in [4.78, 5) is 25.7. The Morgan fingerprint density at radius 3 is 2.33 bits per heavy atom. The van der Waals surface area contributed by atoms with Gasteiger partial charge in [0.2, 0.25) is 0 Å². The van der Waals surface area contributed by atoms with E-state index in [1.165, 1.54) is 6.42 Å². The van der Waals surface area contributed by atoms with Crippen LogP contribution >= 0.6 is 0 Å². The molecule has 0 bridgehead atoms. The molecule has 1 saturated heterocycles. The number of carboxylic acid groups (broad SMARTS) is 1. The van der Waals surface area contributed by atoms with Crippen molar-refractivity contribution in [3.05, 3.63) is 0 Å². The molecule has 1 spiro atoms. The third kappa shape index (κ3) is 3.69. The fraction of sp³-hybridized carbons (Fsp3) is 0.875. The smallest absolute Gasteiger partial charge is 0.410 e. The SMILES string of the molecule is CC(C)(C)OC(=O)N1CCC(C(=O)O)CC12CCCCC2. The van der Waals surface area contributed by atoms with Crippen LogP contribution in [0.4, 0.5) is 4.79 Å². The van der Waals surface area contributed by atoms with Crippen molar-refractivity contribution in [3.63, 3.8) is 0 Å². The lowest BCUT2D eigenvalue weighted by Crippen LogP contribution is -2.59. The minimum absolute atomic E-state index is 0.284. The van der Waals surface area contributed by atoms with E-state index in [0.29, 0.717) is 19.4 Å². The summed E-state index contributed by atoms with van der Waals surface area (Å²) < 4.78 is 5.54. The van der Waals surface area contributed by atoms with Crippen molar-refractivity contribution in [3.8, 4) is 0 Å². The van der Waals surface area contributed by atoms with E-state index in [0.717, 1.165) is 25.7 Å². The number of piperidine rings is 1. The maximum Gasteiger partial charge on any atom is 0.410 e. The van der Waals surface area contributed by atoms with E-state index < -0.39 is 11.6 Å². The van der Waals surface area contributed by atoms with E-state index >= 15 is 0 Å². The fourth-order valence-corrected chi connectivity index (χ4v) is 3.69. The van der Waals surface area contributed by atoms with Crippen LogP contribution in [0.15, 0.2) is 0 Å². The van der Waals surface area contributed by atoms with E-state index in [9.17, 15) is 14.7 Å². The number of hydrogen-bond donors (Lipinski definition) is 1. The Labute approximate surface area is 126 Å². The number of aliphatic carboxylic acids is 1. The van der Waals surface area contributed by atoms with Crippen LogP contribution in [0, 0.1) is 5.92 Å². The Hall–Kier alpha value is -1.26. The summed E-state index contributed by atoms with van der Waals surface area (Å²) in [5, 5.41) is 9.33. The van der Waals surface area contributed by atoms with E-state index in [1.54, 1.807) is 0 Å². The summed E-state index contributed by atoms with van der Waals surface area (Å²) in [6.45, 7) is 6.08. The van der Waals surface area contributed by atoms with Crippen molar-refractivity contribution in [2.75, 3.05) is 6.54 Å². The van der Waals surface area contributed by atoms with Gasteiger partial charge in [0, 0.05) is 12.1 Å². The molecule has 1 atom stereocenters. The molecule has 2 rings (SSSR count). The first kappa shape index (κ1) is 16.1. The molecule has 21 heavy (non-hydrogen) atoms. The number of carbonyl (C=O) groups excluding carboxylic acids is 1. The number of carbonyl (C=O) groups is 2. The number of carboxylic acids is 1. The Kier molecular flexibility index (Phi) is 4.49. The predicted octanol–water partition coefficient (Wildman–Crippen LogP) is 3.42. The van der Waals surface area contributed by atoms with Gasteiger partial charge < -0.3 is 14.7 Å². The van der Waals surface area contributed by atoms with Gasteiger partial charge in [-0.05, 0) is 46.5 Å². The van der Waals surface area contributed by atoms with Gasteiger partial charge in [0.15, 0.2) is 0 Å². The van der Waals surface area contributed by atoms with Crippen LogP contribution in [0.25, 0.3) is 0 Å². The summed E-state index contributed by atoms with van der Waals surface area (Å²) in [7, 11) is 0. The van der Waals surface area contributed by atoms with Crippen molar-refractivity contribution in [2.24, 2.45) is 5.92 Å². The first-order valence-corrected chi connectivity index (χ1v) is 7.97. The van der Waals surface area contributed by atoms with Gasteiger partial charge in [-0.3, -0.25) is 4.79 Å². The van der Waals surface area contributed by atoms with Gasteiger partial charge in [-0.1, -0.05) is 19.3 Å². The Morgan fingerprint density at radius 2 is 1.81 bits per heavy atom. The summed E-state index contributed by atoms with van der Waals surface area (Å²) in [5.74, 6) is -1.06. The van der Waals surface area contributed by atoms with Crippen molar-refractivity contribution in [1.29, 1.82) is 0 Å². The first-order chi connectivity index (χ1) is 9.73. The van der Waals surface area contributed by atoms with E-state index in [-0.39, 0.29) is 17.6 Å². The Morgan fingerprint density at radius 1 is 1.19 bits per heavy atom. The lowest BCUT2D eigenvalue weighted by molar-refractivity contribution is -0.146. The summed E-state index contributed by atoms with van der Waals surface area (Å²) in [5.41, 5.74) is -0.821. The molecule has 5 heteroatoms. The topological polar surface area (TPSA) is 66.8 Å². The maximum absolute atomic E-state index is 12.5. The average molecular weight is 297 g/mol. The second-order valence-electron chi connectivity index (χ2n) is 7.44. The zero-order chi connectivity index (χ0) is 15.7. The summed E-state index contributed by atoms with van der Waals surface area (Å²) in [6.07, 6.45) is 5.90. The van der Waals surface area contributed by atoms with Gasteiger partial charge in [0.25, 0.3) is 0 Å². The highest BCUT2D eigenvalue weighted by atomic mass is 16.6. The highest BCUT2D eigenvalue weighted by Crippen LogP contribution is 2.43. The molecule has 5 nitrogen and oxygen atoms in total. The van der Waals surface area contributed by atoms with Crippen molar-refractivity contribution in [2.45, 2.75) is 76.9 Å². The van der Waals surface area contributed by atoms with Crippen molar-refractivity contribution < 1.29 is 19.4 Å². The van der Waals surface area contributed by atoms with Gasteiger partial charge in [-0.2, -0.15) is 0 Å². The molecule has 1 amide bonds. The molecule has 1 saturated carbocycles. The van der Waals surface area contributed by atoms with Crippen LogP contribution in [-0.4, -0.2) is 39.8 Å². The van der Waals surface area contributed by atoms with Crippen LogP contribution in [0.2, 0.25) is 0 Å². The van der Waals surface area contributed by atoms with Crippen molar-refractivity contribution in [1.82, 2.24) is 4.90 Å². The molecule has 0 aromatic heterocycles. The van der Waals surface area contributed by atoms with Crippen LogP contribution in [0.5, 0.6) is 0 Å². The number of nitrogens with zero attached hydrogens (tertiary/aromatic N) is 1. The first-order valence-electron chi connectivity index (χ1n) is 7.97. The number of ether oxygens (including phenoxy) is 1. The van der Waals surface area contributed by atoms with Gasteiger partial charge in [-0.15, -0.1) is 0 Å². The summed E-state index contributed by atoms with van der Waals surface area (Å²) in [6, 6.07) is 0. The van der Waals surface area contributed by atoms with Crippen LogP contribution in [-0.2, 0) is 9.53 Å². The molecule has 1 aliphatic heterocycles. The Balaban J connectivity index is 2.18. The number of rotatable bonds is 1. The quantitative estimate of drug-likeness (QED) is 0.805. The van der Waals surface area contributed by atoms with E-state index in [4.69, 9.17) is 4.74 Å². The zero-order valence-electron chi connectivity index (χ0n) is 13.4. The number of likely N-dealkylation sites (tertiary alicyclic amines) is 1. The highest BCUT2D eigenvalue weighted by molar-refractivity contribution is 5.73. The van der Waals surface area contributed by atoms with Crippen LogP contribution in [0.1, 0.15) is 65.7 Å². The van der Waals surface area contributed by atoms with Gasteiger partial charge in [0.05, 0.1) is 5.92 Å². The van der Waals surface area contributed by atoms with E-state index in [1.807, 2.05) is 25.7 Å². The number of amides is 1. The van der Waals surface area contributed by atoms with Crippen LogP contribution in [0.3, 0.4) is 0 Å². The molecule has 0 aromatic carbocycles. The molecule has 2 aliphatic rings. The summed E-state index contributed by atoms with van der Waals surface area (Å²) >= 11 is 0. The second-order valence-corrected chi connectivity index (χ2v) is 7.44. The predicted molar refractivity (Wildman–Crippen MR) is 79.1 cm³/mol.